The third-order valence-electron chi connectivity index (χ3n) is 2.43. The summed E-state index contributed by atoms with van der Waals surface area (Å²) in [6.07, 6.45) is 6.26. The molecule has 0 atom stereocenters. The molecule has 84 valence electrons. The highest BCUT2D eigenvalue weighted by Crippen LogP contribution is 2.20. The lowest BCUT2D eigenvalue weighted by atomic mass is 10.1. The van der Waals surface area contributed by atoms with E-state index >= 15 is 0 Å². The third kappa shape index (κ3) is 2.74. The maximum absolute atomic E-state index is 5.55. The maximum atomic E-state index is 5.55. The monoisotopic (exact) mass is 216 g/mol. The van der Waals surface area contributed by atoms with E-state index in [4.69, 9.17) is 9.47 Å². The molecule has 2 nitrogen and oxygen atoms in total. The van der Waals surface area contributed by atoms with Gasteiger partial charge in [-0.15, -0.1) is 0 Å². The van der Waals surface area contributed by atoms with Gasteiger partial charge in [-0.3, -0.25) is 0 Å². The zero-order chi connectivity index (χ0) is 11.2. The van der Waals surface area contributed by atoms with Crippen LogP contribution in [0.4, 0.5) is 0 Å². The van der Waals surface area contributed by atoms with Crippen molar-refractivity contribution in [3.05, 3.63) is 47.6 Å². The SMILES string of the molecule is CCOc1ccccc1/C=C/C1=CCOC1. The van der Waals surface area contributed by atoms with Gasteiger partial charge < -0.3 is 9.47 Å². The summed E-state index contributed by atoms with van der Waals surface area (Å²) in [5, 5.41) is 0. The Labute approximate surface area is 96.2 Å². The molecule has 1 aromatic rings. The molecule has 16 heavy (non-hydrogen) atoms. The average Bonchev–Trinajstić information content (AvgIpc) is 2.81. The van der Waals surface area contributed by atoms with E-state index in [2.05, 4.69) is 24.3 Å². The number of hydrogen-bond acceptors (Lipinski definition) is 2. The fourth-order valence-electron chi connectivity index (χ4n) is 1.62. The summed E-state index contributed by atoms with van der Waals surface area (Å²) in [4.78, 5) is 0. The minimum Gasteiger partial charge on any atom is -0.493 e. The summed E-state index contributed by atoms with van der Waals surface area (Å²) < 4.78 is 10.8. The van der Waals surface area contributed by atoms with Crippen molar-refractivity contribution in [3.8, 4) is 5.75 Å². The zero-order valence-electron chi connectivity index (χ0n) is 9.48. The van der Waals surface area contributed by atoms with E-state index in [-0.39, 0.29) is 0 Å². The fourth-order valence-corrected chi connectivity index (χ4v) is 1.62. The van der Waals surface area contributed by atoms with Crippen molar-refractivity contribution in [3.63, 3.8) is 0 Å². The Balaban J connectivity index is 2.13. The molecule has 0 radical (unpaired) electrons. The number of hydrogen-bond donors (Lipinski definition) is 0. The van der Waals surface area contributed by atoms with Gasteiger partial charge in [0, 0.05) is 5.56 Å². The van der Waals surface area contributed by atoms with E-state index < -0.39 is 0 Å². The van der Waals surface area contributed by atoms with E-state index in [1.54, 1.807) is 0 Å². The Hall–Kier alpha value is -1.54. The van der Waals surface area contributed by atoms with Crippen LogP contribution in [0.2, 0.25) is 0 Å². The molecule has 0 saturated heterocycles. The highest BCUT2D eigenvalue weighted by Gasteiger charge is 2.01. The topological polar surface area (TPSA) is 18.5 Å². The molecule has 1 aliphatic rings. The highest BCUT2D eigenvalue weighted by atomic mass is 16.5. The van der Waals surface area contributed by atoms with E-state index in [0.29, 0.717) is 13.2 Å². The maximum Gasteiger partial charge on any atom is 0.126 e. The van der Waals surface area contributed by atoms with Crippen LogP contribution in [0.25, 0.3) is 6.08 Å². The van der Waals surface area contributed by atoms with Gasteiger partial charge in [-0.25, -0.2) is 0 Å². The van der Waals surface area contributed by atoms with Gasteiger partial charge in [-0.2, -0.15) is 0 Å². The van der Waals surface area contributed by atoms with E-state index in [9.17, 15) is 0 Å². The standard InChI is InChI=1S/C14H16O2/c1-2-16-14-6-4-3-5-13(14)8-7-12-9-10-15-11-12/h3-9H,2,10-11H2,1H3/b8-7+. The summed E-state index contributed by atoms with van der Waals surface area (Å²) in [5.41, 5.74) is 2.34. The molecule has 2 rings (SSSR count). The number of para-hydroxylation sites is 1. The number of ether oxygens (including phenoxy) is 2. The van der Waals surface area contributed by atoms with Crippen LogP contribution in [-0.2, 0) is 4.74 Å². The predicted octanol–water partition coefficient (Wildman–Crippen LogP) is 3.06. The van der Waals surface area contributed by atoms with Crippen molar-refractivity contribution in [2.24, 2.45) is 0 Å². The van der Waals surface area contributed by atoms with Crippen molar-refractivity contribution in [1.82, 2.24) is 0 Å². The second kappa shape index (κ2) is 5.52. The summed E-state index contributed by atoms with van der Waals surface area (Å²) in [6.45, 7) is 4.13. The molecule has 0 fully saturated rings. The molecule has 0 unspecified atom stereocenters. The van der Waals surface area contributed by atoms with Crippen LogP contribution in [0, 0.1) is 0 Å². The smallest absolute Gasteiger partial charge is 0.126 e. The molecule has 1 aliphatic heterocycles. The first-order valence-electron chi connectivity index (χ1n) is 5.57. The van der Waals surface area contributed by atoms with Gasteiger partial charge in [-0.05, 0) is 18.6 Å². The van der Waals surface area contributed by atoms with Crippen LogP contribution in [0.5, 0.6) is 5.75 Å². The van der Waals surface area contributed by atoms with Crippen LogP contribution in [0.15, 0.2) is 42.0 Å². The van der Waals surface area contributed by atoms with Crippen LogP contribution in [0.3, 0.4) is 0 Å². The lowest BCUT2D eigenvalue weighted by Gasteiger charge is -2.06. The van der Waals surface area contributed by atoms with Gasteiger partial charge >= 0.3 is 0 Å². The summed E-state index contributed by atoms with van der Waals surface area (Å²) in [7, 11) is 0. The molecule has 1 aromatic carbocycles. The van der Waals surface area contributed by atoms with Crippen molar-refractivity contribution in [2.75, 3.05) is 19.8 Å². The lowest BCUT2D eigenvalue weighted by Crippen LogP contribution is -1.93. The van der Waals surface area contributed by atoms with E-state index in [1.165, 1.54) is 5.57 Å². The number of benzene rings is 1. The molecule has 0 saturated carbocycles. The first-order valence-corrected chi connectivity index (χ1v) is 5.57. The van der Waals surface area contributed by atoms with Gasteiger partial charge in [0.25, 0.3) is 0 Å². The minimum atomic E-state index is 0.691. The first kappa shape index (κ1) is 11.0. The Bertz CT molecular complexity index is 405. The molecule has 0 aliphatic carbocycles. The van der Waals surface area contributed by atoms with E-state index in [0.717, 1.165) is 17.9 Å². The first-order chi connectivity index (χ1) is 7.90. The summed E-state index contributed by atoms with van der Waals surface area (Å²) in [6, 6.07) is 8.04. The molecular formula is C14H16O2. The van der Waals surface area contributed by atoms with Crippen molar-refractivity contribution < 1.29 is 9.47 Å². The second-order valence-electron chi connectivity index (χ2n) is 3.60. The zero-order valence-corrected chi connectivity index (χ0v) is 9.48. The Morgan fingerprint density at radius 1 is 1.31 bits per heavy atom. The van der Waals surface area contributed by atoms with Gasteiger partial charge in [0.2, 0.25) is 0 Å². The van der Waals surface area contributed by atoms with Gasteiger partial charge in [0.05, 0.1) is 19.8 Å². The summed E-state index contributed by atoms with van der Waals surface area (Å²) in [5.74, 6) is 0.931. The van der Waals surface area contributed by atoms with Crippen LogP contribution >= 0.6 is 0 Å². The van der Waals surface area contributed by atoms with Crippen molar-refractivity contribution in [2.45, 2.75) is 6.92 Å². The molecule has 0 bridgehead atoms. The van der Waals surface area contributed by atoms with Gasteiger partial charge in [0.1, 0.15) is 5.75 Å². The van der Waals surface area contributed by atoms with Crippen LogP contribution < -0.4 is 4.74 Å². The van der Waals surface area contributed by atoms with Crippen molar-refractivity contribution in [1.29, 1.82) is 0 Å². The van der Waals surface area contributed by atoms with E-state index in [1.807, 2.05) is 25.1 Å². The minimum absolute atomic E-state index is 0.691. The normalized spacial score (nSPS) is 15.4. The summed E-state index contributed by atoms with van der Waals surface area (Å²) >= 11 is 0. The van der Waals surface area contributed by atoms with Crippen molar-refractivity contribution >= 4 is 6.08 Å². The fraction of sp³-hybridized carbons (Fsp3) is 0.286. The average molecular weight is 216 g/mol. The number of rotatable bonds is 4. The molecule has 1 heterocycles. The third-order valence-corrected chi connectivity index (χ3v) is 2.43. The Morgan fingerprint density at radius 2 is 2.19 bits per heavy atom. The van der Waals surface area contributed by atoms with Crippen LogP contribution in [-0.4, -0.2) is 19.8 Å². The second-order valence-corrected chi connectivity index (χ2v) is 3.60. The Kier molecular flexibility index (Phi) is 3.78. The largest absolute Gasteiger partial charge is 0.493 e. The molecule has 0 amide bonds. The molecule has 0 aromatic heterocycles. The molecular weight excluding hydrogens is 200 g/mol. The molecule has 0 N–H and O–H groups in total. The van der Waals surface area contributed by atoms with Gasteiger partial charge in [0.15, 0.2) is 0 Å². The quantitative estimate of drug-likeness (QED) is 0.770. The molecule has 0 spiro atoms. The van der Waals surface area contributed by atoms with Gasteiger partial charge in [-0.1, -0.05) is 36.4 Å². The van der Waals surface area contributed by atoms with Crippen LogP contribution in [0.1, 0.15) is 12.5 Å². The Morgan fingerprint density at radius 3 is 2.94 bits per heavy atom. The highest BCUT2D eigenvalue weighted by molar-refractivity contribution is 5.59. The molecule has 2 heteroatoms. The predicted molar refractivity (Wildman–Crippen MR) is 65.5 cm³/mol. The lowest BCUT2D eigenvalue weighted by molar-refractivity contribution is 0.210.